The van der Waals surface area contributed by atoms with Crippen molar-refractivity contribution in [2.45, 2.75) is 24.9 Å². The molecule has 2 N–H and O–H groups in total. The van der Waals surface area contributed by atoms with Crippen LogP contribution < -0.4 is 5.32 Å². The average molecular weight is 289 g/mol. The zero-order valence-corrected chi connectivity index (χ0v) is 12.0. The van der Waals surface area contributed by atoms with E-state index in [9.17, 15) is 9.90 Å². The second-order valence-corrected chi connectivity index (χ2v) is 5.37. The van der Waals surface area contributed by atoms with Crippen LogP contribution >= 0.6 is 0 Å². The van der Waals surface area contributed by atoms with Crippen LogP contribution in [0.2, 0.25) is 0 Å². The lowest BCUT2D eigenvalue weighted by Crippen LogP contribution is -2.34. The number of aliphatic hydroxyl groups is 1. The molecule has 1 aliphatic rings. The number of imidazole rings is 1. The molecule has 3 rings (SSSR count). The molecule has 2 aromatic heterocycles. The van der Waals surface area contributed by atoms with E-state index in [1.54, 1.807) is 0 Å². The molecule has 1 aliphatic carbocycles. The minimum absolute atomic E-state index is 0.150. The number of aliphatic hydroxyl groups excluding tert-OH is 1. The van der Waals surface area contributed by atoms with Crippen molar-refractivity contribution in [3.05, 3.63) is 35.9 Å². The zero-order valence-electron chi connectivity index (χ0n) is 12.0. The number of hydrogen-bond donors (Lipinski definition) is 2. The number of fused-ring (bicyclic) bond motifs is 1. The van der Waals surface area contributed by atoms with Crippen LogP contribution in [0.1, 0.15) is 35.1 Å². The summed E-state index contributed by atoms with van der Waals surface area (Å²) < 4.78 is 6.82. The van der Waals surface area contributed by atoms with E-state index in [1.165, 1.54) is 7.11 Å². The molecule has 0 spiro atoms. The first-order valence-corrected chi connectivity index (χ1v) is 7.13. The molecule has 21 heavy (non-hydrogen) atoms. The molecule has 1 atom stereocenters. The second kappa shape index (κ2) is 5.83. The van der Waals surface area contributed by atoms with Gasteiger partial charge in [0.25, 0.3) is 5.91 Å². The van der Waals surface area contributed by atoms with Gasteiger partial charge in [0, 0.05) is 25.8 Å². The van der Waals surface area contributed by atoms with Crippen LogP contribution in [-0.4, -0.2) is 46.8 Å². The van der Waals surface area contributed by atoms with E-state index in [-0.39, 0.29) is 19.1 Å². The highest BCUT2D eigenvalue weighted by atomic mass is 16.5. The number of rotatable bonds is 6. The average Bonchev–Trinajstić information content (AvgIpc) is 3.26. The van der Waals surface area contributed by atoms with E-state index in [0.717, 1.165) is 24.2 Å². The van der Waals surface area contributed by atoms with Crippen molar-refractivity contribution in [3.8, 4) is 0 Å². The van der Waals surface area contributed by atoms with Gasteiger partial charge in [-0.1, -0.05) is 6.07 Å². The lowest BCUT2D eigenvalue weighted by Gasteiger charge is -2.09. The number of methoxy groups -OCH3 is 1. The molecule has 1 unspecified atom stereocenters. The first kappa shape index (κ1) is 14.0. The molecule has 0 saturated heterocycles. The van der Waals surface area contributed by atoms with Crippen LogP contribution in [0.4, 0.5) is 0 Å². The zero-order chi connectivity index (χ0) is 14.8. The number of hydrogen-bond acceptors (Lipinski definition) is 4. The van der Waals surface area contributed by atoms with Gasteiger partial charge in [0.2, 0.25) is 0 Å². The van der Waals surface area contributed by atoms with Crippen molar-refractivity contribution >= 4 is 11.4 Å². The van der Waals surface area contributed by atoms with E-state index < -0.39 is 6.10 Å². The fourth-order valence-corrected chi connectivity index (χ4v) is 2.40. The summed E-state index contributed by atoms with van der Waals surface area (Å²) in [6.07, 6.45) is 3.48. The normalized spacial score (nSPS) is 16.1. The van der Waals surface area contributed by atoms with Crippen molar-refractivity contribution in [1.82, 2.24) is 14.7 Å². The Kier molecular flexibility index (Phi) is 3.90. The van der Waals surface area contributed by atoms with Gasteiger partial charge in [-0.3, -0.25) is 4.79 Å². The molecular weight excluding hydrogens is 270 g/mol. The van der Waals surface area contributed by atoms with Crippen molar-refractivity contribution in [2.24, 2.45) is 0 Å². The van der Waals surface area contributed by atoms with Crippen LogP contribution in [0, 0.1) is 0 Å². The molecule has 0 aliphatic heterocycles. The second-order valence-electron chi connectivity index (χ2n) is 5.37. The van der Waals surface area contributed by atoms with Crippen LogP contribution in [0.5, 0.6) is 0 Å². The van der Waals surface area contributed by atoms with Gasteiger partial charge < -0.3 is 19.6 Å². The molecule has 2 heterocycles. The molecule has 0 bridgehead atoms. The number of nitrogens with one attached hydrogen (secondary N) is 1. The highest BCUT2D eigenvalue weighted by molar-refractivity contribution is 5.99. The van der Waals surface area contributed by atoms with Gasteiger partial charge in [0.1, 0.15) is 5.82 Å². The van der Waals surface area contributed by atoms with Gasteiger partial charge in [-0.25, -0.2) is 4.98 Å². The Hall–Kier alpha value is -1.92. The Morgan fingerprint density at radius 2 is 2.38 bits per heavy atom. The Morgan fingerprint density at radius 1 is 1.57 bits per heavy atom. The molecule has 1 fully saturated rings. The third-order valence-corrected chi connectivity index (χ3v) is 3.59. The van der Waals surface area contributed by atoms with Crippen LogP contribution in [0.3, 0.4) is 0 Å². The number of aromatic nitrogens is 2. The fraction of sp³-hybridized carbons (Fsp3) is 0.467. The molecule has 1 saturated carbocycles. The van der Waals surface area contributed by atoms with Gasteiger partial charge in [0.15, 0.2) is 5.69 Å². The molecule has 0 aromatic carbocycles. The third-order valence-electron chi connectivity index (χ3n) is 3.59. The highest BCUT2D eigenvalue weighted by Gasteiger charge is 2.30. The summed E-state index contributed by atoms with van der Waals surface area (Å²) in [5.41, 5.74) is 1.22. The van der Waals surface area contributed by atoms with Crippen molar-refractivity contribution < 1.29 is 14.6 Å². The first-order chi connectivity index (χ1) is 10.2. The van der Waals surface area contributed by atoms with Crippen LogP contribution in [-0.2, 0) is 4.74 Å². The monoisotopic (exact) mass is 289 g/mol. The lowest BCUT2D eigenvalue weighted by molar-refractivity contribution is 0.0609. The van der Waals surface area contributed by atoms with Crippen molar-refractivity contribution in [3.63, 3.8) is 0 Å². The standard InChI is InChI=1S/C15H19N3O3/c1-21-9-11(19)8-16-15(20)13-12-4-2-3-7-18(12)14(17-13)10-5-6-10/h2-4,7,10-11,19H,5-6,8-9H2,1H3,(H,16,20). The fourth-order valence-electron chi connectivity index (χ4n) is 2.40. The van der Waals surface area contributed by atoms with Crippen LogP contribution in [0.15, 0.2) is 24.4 Å². The molecule has 6 nitrogen and oxygen atoms in total. The maximum absolute atomic E-state index is 12.3. The van der Waals surface area contributed by atoms with Gasteiger partial charge in [0.05, 0.1) is 18.2 Å². The minimum atomic E-state index is -0.712. The van der Waals surface area contributed by atoms with Gasteiger partial charge in [-0.15, -0.1) is 0 Å². The van der Waals surface area contributed by atoms with Crippen LogP contribution in [0.25, 0.3) is 5.52 Å². The van der Waals surface area contributed by atoms with E-state index in [0.29, 0.717) is 11.6 Å². The number of ether oxygens (including phenoxy) is 1. The predicted molar refractivity (Wildman–Crippen MR) is 77.4 cm³/mol. The summed E-state index contributed by atoms with van der Waals surface area (Å²) in [5, 5.41) is 12.3. The Labute approximate surface area is 122 Å². The molecule has 0 radical (unpaired) electrons. The van der Waals surface area contributed by atoms with E-state index >= 15 is 0 Å². The Bertz CT molecular complexity index is 649. The van der Waals surface area contributed by atoms with E-state index in [2.05, 4.69) is 10.3 Å². The molecular formula is C15H19N3O3. The van der Waals surface area contributed by atoms with Crippen molar-refractivity contribution in [1.29, 1.82) is 0 Å². The van der Waals surface area contributed by atoms with E-state index in [4.69, 9.17) is 4.74 Å². The minimum Gasteiger partial charge on any atom is -0.389 e. The van der Waals surface area contributed by atoms with Gasteiger partial charge in [-0.2, -0.15) is 0 Å². The van der Waals surface area contributed by atoms with Gasteiger partial charge in [-0.05, 0) is 25.0 Å². The van der Waals surface area contributed by atoms with E-state index in [1.807, 2.05) is 28.8 Å². The number of pyridine rings is 1. The first-order valence-electron chi connectivity index (χ1n) is 7.13. The lowest BCUT2D eigenvalue weighted by atomic mass is 10.3. The molecule has 1 amide bonds. The summed E-state index contributed by atoms with van der Waals surface area (Å²) in [4.78, 5) is 16.8. The highest BCUT2D eigenvalue weighted by Crippen LogP contribution is 2.39. The molecule has 6 heteroatoms. The summed E-state index contributed by atoms with van der Waals surface area (Å²) >= 11 is 0. The summed E-state index contributed by atoms with van der Waals surface area (Å²) in [6, 6.07) is 5.72. The smallest absolute Gasteiger partial charge is 0.272 e. The van der Waals surface area contributed by atoms with Gasteiger partial charge >= 0.3 is 0 Å². The maximum atomic E-state index is 12.3. The maximum Gasteiger partial charge on any atom is 0.272 e. The Balaban J connectivity index is 1.81. The number of nitrogens with zero attached hydrogens (tertiary/aromatic N) is 2. The number of carbonyl (C=O) groups excluding carboxylic acids is 1. The topological polar surface area (TPSA) is 75.9 Å². The quantitative estimate of drug-likeness (QED) is 0.830. The van der Waals surface area contributed by atoms with Crippen molar-refractivity contribution in [2.75, 3.05) is 20.3 Å². The summed E-state index contributed by atoms with van der Waals surface area (Å²) in [6.45, 7) is 0.342. The SMILES string of the molecule is COCC(O)CNC(=O)c1nc(C2CC2)n2ccccc12. The Morgan fingerprint density at radius 3 is 3.10 bits per heavy atom. The summed E-state index contributed by atoms with van der Waals surface area (Å²) in [5.74, 6) is 1.15. The number of amides is 1. The molecule has 2 aromatic rings. The molecule has 112 valence electrons. The largest absolute Gasteiger partial charge is 0.389 e. The number of carbonyl (C=O) groups is 1. The summed E-state index contributed by atoms with van der Waals surface area (Å²) in [7, 11) is 1.51. The third kappa shape index (κ3) is 2.91. The predicted octanol–water partition coefficient (Wildman–Crippen LogP) is 0.949.